The Balaban J connectivity index is 2.48. The van der Waals surface area contributed by atoms with Crippen LogP contribution < -0.4 is 4.74 Å². The first-order chi connectivity index (χ1) is 9.52. The highest BCUT2D eigenvalue weighted by Gasteiger charge is 2.18. The number of carboxylic acid groups (broad SMARTS) is 1. The predicted molar refractivity (Wildman–Crippen MR) is 78.9 cm³/mol. The van der Waals surface area contributed by atoms with Gasteiger partial charge < -0.3 is 9.84 Å². The van der Waals surface area contributed by atoms with E-state index < -0.39 is 5.97 Å². The Bertz CT molecular complexity index is 637. The largest absolute Gasteiger partial charge is 0.497 e. The van der Waals surface area contributed by atoms with Gasteiger partial charge in [0.1, 0.15) is 5.75 Å². The van der Waals surface area contributed by atoms with E-state index in [4.69, 9.17) is 16.3 Å². The maximum atomic E-state index is 11.4. The second-order valence-corrected chi connectivity index (χ2v) is 4.97. The van der Waals surface area contributed by atoms with Gasteiger partial charge in [0.15, 0.2) is 0 Å². The Kier molecular flexibility index (Phi) is 4.30. The molecule has 0 amide bonds. The molecule has 0 heterocycles. The molecule has 3 nitrogen and oxygen atoms in total. The van der Waals surface area contributed by atoms with Gasteiger partial charge in [0, 0.05) is 10.9 Å². The molecule has 0 bridgehead atoms. The summed E-state index contributed by atoms with van der Waals surface area (Å²) in [5.41, 5.74) is 1.96. The predicted octanol–water partition coefficient (Wildman–Crippen LogP) is 4.20. The molecule has 1 unspecified atom stereocenters. The highest BCUT2D eigenvalue weighted by molar-refractivity contribution is 6.30. The third kappa shape index (κ3) is 2.94. The average molecular weight is 291 g/mol. The first kappa shape index (κ1) is 14.4. The van der Waals surface area contributed by atoms with Gasteiger partial charge in [0.2, 0.25) is 0 Å². The summed E-state index contributed by atoms with van der Waals surface area (Å²) in [6, 6.07) is 12.5. The number of rotatable bonds is 4. The molecule has 0 aliphatic carbocycles. The Labute approximate surface area is 122 Å². The van der Waals surface area contributed by atoms with Gasteiger partial charge in [0.25, 0.3) is 0 Å². The molecule has 20 heavy (non-hydrogen) atoms. The summed E-state index contributed by atoms with van der Waals surface area (Å²) in [4.78, 5) is 11.4. The molecule has 1 N–H and O–H groups in total. The van der Waals surface area contributed by atoms with Crippen LogP contribution in [0.1, 0.15) is 34.3 Å². The molecule has 1 atom stereocenters. The van der Waals surface area contributed by atoms with Crippen LogP contribution in [0.4, 0.5) is 0 Å². The summed E-state index contributed by atoms with van der Waals surface area (Å²) in [5.74, 6) is -0.497. The van der Waals surface area contributed by atoms with E-state index in [0.29, 0.717) is 10.8 Å². The Morgan fingerprint density at radius 3 is 2.60 bits per heavy atom. The first-order valence-corrected chi connectivity index (χ1v) is 6.57. The number of benzene rings is 2. The lowest BCUT2D eigenvalue weighted by molar-refractivity contribution is 0.0695. The van der Waals surface area contributed by atoms with E-state index in [9.17, 15) is 9.90 Å². The fraction of sp³-hybridized carbons (Fsp3) is 0.188. The van der Waals surface area contributed by atoms with Crippen LogP contribution in [0.3, 0.4) is 0 Å². The smallest absolute Gasteiger partial charge is 0.336 e. The van der Waals surface area contributed by atoms with Crippen LogP contribution in [0.5, 0.6) is 5.75 Å². The van der Waals surface area contributed by atoms with Gasteiger partial charge in [-0.05, 0) is 35.4 Å². The summed E-state index contributed by atoms with van der Waals surface area (Å²) in [6.07, 6.45) is 0. The number of hydrogen-bond donors (Lipinski definition) is 1. The van der Waals surface area contributed by atoms with E-state index >= 15 is 0 Å². The molecule has 0 spiro atoms. The zero-order chi connectivity index (χ0) is 14.7. The van der Waals surface area contributed by atoms with E-state index in [1.54, 1.807) is 24.3 Å². The normalized spacial score (nSPS) is 11.9. The molecule has 0 aliphatic heterocycles. The molecule has 2 rings (SSSR count). The van der Waals surface area contributed by atoms with Crippen molar-refractivity contribution in [1.82, 2.24) is 0 Å². The van der Waals surface area contributed by atoms with Gasteiger partial charge in [-0.3, -0.25) is 0 Å². The van der Waals surface area contributed by atoms with Crippen LogP contribution >= 0.6 is 11.6 Å². The fourth-order valence-corrected chi connectivity index (χ4v) is 2.38. The van der Waals surface area contributed by atoms with Gasteiger partial charge in [-0.25, -0.2) is 4.79 Å². The van der Waals surface area contributed by atoms with Crippen LogP contribution in [0.25, 0.3) is 0 Å². The van der Waals surface area contributed by atoms with Crippen molar-refractivity contribution < 1.29 is 14.6 Å². The number of hydrogen-bond acceptors (Lipinski definition) is 2. The lowest BCUT2D eigenvalue weighted by atomic mass is 9.89. The Hall–Kier alpha value is -2.00. The number of carbonyl (C=O) groups is 1. The van der Waals surface area contributed by atoms with E-state index in [0.717, 1.165) is 11.1 Å². The van der Waals surface area contributed by atoms with Crippen molar-refractivity contribution in [2.75, 3.05) is 7.11 Å². The SMILES string of the molecule is COc1ccc(C(C)c2cccc(Cl)c2)c(C(=O)O)c1. The van der Waals surface area contributed by atoms with Crippen LogP contribution in [0, 0.1) is 0 Å². The van der Waals surface area contributed by atoms with E-state index in [1.807, 2.05) is 25.1 Å². The molecule has 2 aromatic carbocycles. The Morgan fingerprint density at radius 2 is 2.00 bits per heavy atom. The minimum atomic E-state index is -0.965. The molecule has 0 aliphatic rings. The number of halogens is 1. The molecule has 0 saturated heterocycles. The summed E-state index contributed by atoms with van der Waals surface area (Å²) in [5, 5.41) is 9.99. The van der Waals surface area contributed by atoms with Gasteiger partial charge in [-0.2, -0.15) is 0 Å². The van der Waals surface area contributed by atoms with Crippen molar-refractivity contribution >= 4 is 17.6 Å². The minimum Gasteiger partial charge on any atom is -0.497 e. The fourth-order valence-electron chi connectivity index (χ4n) is 2.18. The number of carboxylic acids is 1. The van der Waals surface area contributed by atoms with Crippen LogP contribution in [0.2, 0.25) is 5.02 Å². The lowest BCUT2D eigenvalue weighted by Gasteiger charge is -2.16. The molecule has 104 valence electrons. The number of ether oxygens (including phenoxy) is 1. The second kappa shape index (κ2) is 5.97. The summed E-state index contributed by atoms with van der Waals surface area (Å²) >= 11 is 5.99. The van der Waals surface area contributed by atoms with Crippen molar-refractivity contribution in [3.63, 3.8) is 0 Å². The Morgan fingerprint density at radius 1 is 1.25 bits per heavy atom. The van der Waals surface area contributed by atoms with Crippen LogP contribution in [-0.2, 0) is 0 Å². The third-order valence-corrected chi connectivity index (χ3v) is 3.54. The van der Waals surface area contributed by atoms with E-state index in [-0.39, 0.29) is 11.5 Å². The molecule has 2 aromatic rings. The lowest BCUT2D eigenvalue weighted by Crippen LogP contribution is -2.07. The van der Waals surface area contributed by atoms with Crippen LogP contribution in [0.15, 0.2) is 42.5 Å². The van der Waals surface area contributed by atoms with Gasteiger partial charge >= 0.3 is 5.97 Å². The van der Waals surface area contributed by atoms with Gasteiger partial charge in [-0.15, -0.1) is 0 Å². The standard InChI is InChI=1S/C16H15ClO3/c1-10(11-4-3-5-12(17)8-11)14-7-6-13(20-2)9-15(14)16(18)19/h3-10H,1-2H3,(H,18,19). The molecule has 4 heteroatoms. The quantitative estimate of drug-likeness (QED) is 0.918. The van der Waals surface area contributed by atoms with Crippen molar-refractivity contribution in [3.8, 4) is 5.75 Å². The van der Waals surface area contributed by atoms with Crippen molar-refractivity contribution in [2.24, 2.45) is 0 Å². The van der Waals surface area contributed by atoms with E-state index in [1.165, 1.54) is 7.11 Å². The molecule has 0 saturated carbocycles. The highest BCUT2D eigenvalue weighted by Crippen LogP contribution is 2.30. The summed E-state index contributed by atoms with van der Waals surface area (Å²) in [6.45, 7) is 1.96. The van der Waals surface area contributed by atoms with Crippen molar-refractivity contribution in [1.29, 1.82) is 0 Å². The zero-order valence-corrected chi connectivity index (χ0v) is 12.0. The molecular weight excluding hydrogens is 276 g/mol. The topological polar surface area (TPSA) is 46.5 Å². The van der Waals surface area contributed by atoms with Crippen molar-refractivity contribution in [3.05, 3.63) is 64.2 Å². The second-order valence-electron chi connectivity index (χ2n) is 4.54. The minimum absolute atomic E-state index is 0.0642. The zero-order valence-electron chi connectivity index (χ0n) is 11.3. The highest BCUT2D eigenvalue weighted by atomic mass is 35.5. The first-order valence-electron chi connectivity index (χ1n) is 6.19. The van der Waals surface area contributed by atoms with E-state index in [2.05, 4.69) is 0 Å². The maximum absolute atomic E-state index is 11.4. The van der Waals surface area contributed by atoms with Crippen LogP contribution in [-0.4, -0.2) is 18.2 Å². The van der Waals surface area contributed by atoms with Gasteiger partial charge in [0.05, 0.1) is 12.7 Å². The third-order valence-electron chi connectivity index (χ3n) is 3.31. The summed E-state index contributed by atoms with van der Waals surface area (Å²) in [7, 11) is 1.51. The molecule has 0 aromatic heterocycles. The van der Waals surface area contributed by atoms with Crippen molar-refractivity contribution in [2.45, 2.75) is 12.8 Å². The summed E-state index contributed by atoms with van der Waals surface area (Å²) < 4.78 is 5.08. The molecule has 0 fully saturated rings. The molecule has 0 radical (unpaired) electrons. The number of aromatic carboxylic acids is 1. The van der Waals surface area contributed by atoms with Gasteiger partial charge in [-0.1, -0.05) is 36.7 Å². The number of methoxy groups -OCH3 is 1. The average Bonchev–Trinajstić information content (AvgIpc) is 2.45. The molecular formula is C16H15ClO3. The maximum Gasteiger partial charge on any atom is 0.336 e. The monoisotopic (exact) mass is 290 g/mol.